The van der Waals surface area contributed by atoms with Gasteiger partial charge in [0.15, 0.2) is 11.5 Å². The molecule has 0 saturated carbocycles. The van der Waals surface area contributed by atoms with E-state index in [4.69, 9.17) is 4.74 Å². The minimum atomic E-state index is -0.642. The minimum Gasteiger partial charge on any atom is -0.504 e. The van der Waals surface area contributed by atoms with Crippen LogP contribution in [0.25, 0.3) is 0 Å². The molecule has 0 atom stereocenters. The quantitative estimate of drug-likeness (QED) is 0.827. The lowest BCUT2D eigenvalue weighted by Gasteiger charge is -2.11. The Kier molecular flexibility index (Phi) is 4.66. The molecule has 2 rings (SSSR count). The van der Waals surface area contributed by atoms with Gasteiger partial charge in [-0.2, -0.15) is 0 Å². The second kappa shape index (κ2) is 6.65. The average Bonchev–Trinajstić information content (AvgIpc) is 2.50. The average molecular weight is 288 g/mol. The highest BCUT2D eigenvalue weighted by Crippen LogP contribution is 2.37. The Hall–Kier alpha value is -2.69. The molecule has 0 bridgehead atoms. The number of benzene rings is 2. The van der Waals surface area contributed by atoms with Crippen molar-refractivity contribution < 1.29 is 24.5 Å². The topological polar surface area (TPSA) is 76.0 Å². The summed E-state index contributed by atoms with van der Waals surface area (Å²) in [5.74, 6) is -1.29. The number of hydrogen-bond donors (Lipinski definition) is 2. The fourth-order valence-corrected chi connectivity index (χ4v) is 1.90. The first-order valence-electron chi connectivity index (χ1n) is 6.43. The van der Waals surface area contributed by atoms with Gasteiger partial charge in [0.2, 0.25) is 5.75 Å². The van der Waals surface area contributed by atoms with Gasteiger partial charge in [0.05, 0.1) is 19.3 Å². The van der Waals surface area contributed by atoms with E-state index in [2.05, 4.69) is 4.74 Å². The number of rotatable bonds is 5. The van der Waals surface area contributed by atoms with Gasteiger partial charge in [0.1, 0.15) is 0 Å². The molecular weight excluding hydrogens is 272 g/mol. The monoisotopic (exact) mass is 288 g/mol. The summed E-state index contributed by atoms with van der Waals surface area (Å²) in [5, 5.41) is 19.6. The third-order valence-electron chi connectivity index (χ3n) is 2.95. The number of methoxy groups -OCH3 is 1. The van der Waals surface area contributed by atoms with Crippen molar-refractivity contribution in [3.05, 3.63) is 53.6 Å². The highest BCUT2D eigenvalue weighted by molar-refractivity contribution is 5.91. The van der Waals surface area contributed by atoms with E-state index < -0.39 is 5.97 Å². The fourth-order valence-electron chi connectivity index (χ4n) is 1.90. The first kappa shape index (κ1) is 14.7. The molecule has 0 aliphatic carbocycles. The van der Waals surface area contributed by atoms with Gasteiger partial charge in [-0.1, -0.05) is 30.3 Å². The normalized spacial score (nSPS) is 10.1. The van der Waals surface area contributed by atoms with Gasteiger partial charge in [-0.15, -0.1) is 0 Å². The molecule has 0 saturated heterocycles. The summed E-state index contributed by atoms with van der Waals surface area (Å²) < 4.78 is 9.91. The second-order valence-electron chi connectivity index (χ2n) is 4.42. The van der Waals surface area contributed by atoms with E-state index in [1.807, 2.05) is 30.3 Å². The molecular formula is C16H16O5. The Morgan fingerprint density at radius 1 is 1.10 bits per heavy atom. The number of phenolic OH excluding ortho intramolecular Hbond substituents is 2. The van der Waals surface area contributed by atoms with Crippen molar-refractivity contribution in [1.82, 2.24) is 0 Å². The zero-order chi connectivity index (χ0) is 15.2. The van der Waals surface area contributed by atoms with Crippen LogP contribution in [0, 0.1) is 0 Å². The molecule has 0 aliphatic rings. The van der Waals surface area contributed by atoms with Gasteiger partial charge < -0.3 is 19.7 Å². The summed E-state index contributed by atoms with van der Waals surface area (Å²) in [6.45, 7) is 0.294. The lowest BCUT2D eigenvalue weighted by Crippen LogP contribution is -2.04. The van der Waals surface area contributed by atoms with Gasteiger partial charge in [-0.25, -0.2) is 4.79 Å². The van der Waals surface area contributed by atoms with Crippen LogP contribution in [0.1, 0.15) is 15.9 Å². The van der Waals surface area contributed by atoms with Crippen LogP contribution in [-0.2, 0) is 11.2 Å². The molecule has 5 heteroatoms. The van der Waals surface area contributed by atoms with E-state index in [0.29, 0.717) is 13.0 Å². The maximum atomic E-state index is 11.3. The van der Waals surface area contributed by atoms with Crippen LogP contribution in [0.15, 0.2) is 42.5 Å². The first-order valence-corrected chi connectivity index (χ1v) is 6.43. The molecule has 0 unspecified atom stereocenters. The highest BCUT2D eigenvalue weighted by atomic mass is 16.5. The van der Waals surface area contributed by atoms with Crippen molar-refractivity contribution in [3.63, 3.8) is 0 Å². The van der Waals surface area contributed by atoms with Crippen LogP contribution >= 0.6 is 0 Å². The van der Waals surface area contributed by atoms with Crippen molar-refractivity contribution in [2.24, 2.45) is 0 Å². The molecule has 0 radical (unpaired) electrons. The van der Waals surface area contributed by atoms with Crippen LogP contribution in [0.2, 0.25) is 0 Å². The molecule has 2 aromatic rings. The van der Waals surface area contributed by atoms with Crippen LogP contribution in [0.4, 0.5) is 0 Å². The number of carbonyl (C=O) groups is 1. The zero-order valence-electron chi connectivity index (χ0n) is 11.6. The molecule has 2 aromatic carbocycles. The van der Waals surface area contributed by atoms with Crippen LogP contribution in [-0.4, -0.2) is 29.9 Å². The standard InChI is InChI=1S/C16H16O5/c1-20-16(19)12-9-13(17)15(14(18)10-12)21-8-7-11-5-3-2-4-6-11/h2-6,9-10,17-18H,7-8H2,1H3. The van der Waals surface area contributed by atoms with Crippen molar-refractivity contribution in [2.45, 2.75) is 6.42 Å². The largest absolute Gasteiger partial charge is 0.504 e. The first-order chi connectivity index (χ1) is 10.1. The van der Waals surface area contributed by atoms with E-state index >= 15 is 0 Å². The van der Waals surface area contributed by atoms with Crippen LogP contribution < -0.4 is 4.74 Å². The summed E-state index contributed by atoms with van der Waals surface area (Å²) in [5.41, 5.74) is 1.14. The Labute approximate surface area is 122 Å². The van der Waals surface area contributed by atoms with E-state index in [-0.39, 0.29) is 22.8 Å². The Balaban J connectivity index is 2.05. The molecule has 0 aromatic heterocycles. The molecule has 0 aliphatic heterocycles. The summed E-state index contributed by atoms with van der Waals surface area (Å²) in [4.78, 5) is 11.3. The van der Waals surface area contributed by atoms with Gasteiger partial charge in [-0.3, -0.25) is 0 Å². The molecule has 0 spiro atoms. The lowest BCUT2D eigenvalue weighted by molar-refractivity contribution is 0.0599. The summed E-state index contributed by atoms with van der Waals surface area (Å²) in [6.07, 6.45) is 0.637. The summed E-state index contributed by atoms with van der Waals surface area (Å²) >= 11 is 0. The molecule has 0 amide bonds. The molecule has 21 heavy (non-hydrogen) atoms. The molecule has 5 nitrogen and oxygen atoms in total. The second-order valence-corrected chi connectivity index (χ2v) is 4.42. The van der Waals surface area contributed by atoms with Gasteiger partial charge in [0, 0.05) is 6.42 Å². The zero-order valence-corrected chi connectivity index (χ0v) is 11.6. The third kappa shape index (κ3) is 3.66. The Morgan fingerprint density at radius 2 is 1.71 bits per heavy atom. The van der Waals surface area contributed by atoms with E-state index in [0.717, 1.165) is 5.56 Å². The number of ether oxygens (including phenoxy) is 2. The summed E-state index contributed by atoms with van der Waals surface area (Å²) in [7, 11) is 1.22. The van der Waals surface area contributed by atoms with Crippen molar-refractivity contribution >= 4 is 5.97 Å². The van der Waals surface area contributed by atoms with Crippen molar-refractivity contribution in [1.29, 1.82) is 0 Å². The van der Waals surface area contributed by atoms with Gasteiger partial charge in [0.25, 0.3) is 0 Å². The van der Waals surface area contributed by atoms with E-state index in [1.54, 1.807) is 0 Å². The van der Waals surface area contributed by atoms with Gasteiger partial charge in [-0.05, 0) is 17.7 Å². The number of phenols is 2. The number of carbonyl (C=O) groups excluding carboxylic acids is 1. The van der Waals surface area contributed by atoms with Gasteiger partial charge >= 0.3 is 5.97 Å². The van der Waals surface area contributed by atoms with E-state index in [9.17, 15) is 15.0 Å². The molecule has 110 valence electrons. The predicted molar refractivity (Wildman–Crippen MR) is 76.8 cm³/mol. The minimum absolute atomic E-state index is 0.0430. The van der Waals surface area contributed by atoms with Crippen molar-refractivity contribution in [2.75, 3.05) is 13.7 Å². The lowest BCUT2D eigenvalue weighted by atomic mass is 10.1. The Morgan fingerprint density at radius 3 is 2.29 bits per heavy atom. The predicted octanol–water partition coefficient (Wildman–Crippen LogP) is 2.51. The summed E-state index contributed by atoms with van der Waals surface area (Å²) in [6, 6.07) is 12.1. The van der Waals surface area contributed by atoms with Crippen LogP contribution in [0.5, 0.6) is 17.2 Å². The molecule has 2 N–H and O–H groups in total. The maximum Gasteiger partial charge on any atom is 0.338 e. The smallest absolute Gasteiger partial charge is 0.338 e. The fraction of sp³-hybridized carbons (Fsp3) is 0.188. The third-order valence-corrected chi connectivity index (χ3v) is 2.95. The highest BCUT2D eigenvalue weighted by Gasteiger charge is 2.15. The maximum absolute atomic E-state index is 11.3. The Bertz CT molecular complexity index is 599. The SMILES string of the molecule is COC(=O)c1cc(O)c(OCCc2ccccc2)c(O)c1. The number of aromatic hydroxyl groups is 2. The molecule has 0 heterocycles. The number of hydrogen-bond acceptors (Lipinski definition) is 5. The van der Waals surface area contributed by atoms with Crippen molar-refractivity contribution in [3.8, 4) is 17.2 Å². The molecule has 0 fully saturated rings. The van der Waals surface area contributed by atoms with E-state index in [1.165, 1.54) is 19.2 Å². The van der Waals surface area contributed by atoms with Crippen LogP contribution in [0.3, 0.4) is 0 Å². The number of esters is 1.